The van der Waals surface area contributed by atoms with Crippen LogP contribution in [-0.4, -0.2) is 37.0 Å². The van der Waals surface area contributed by atoms with E-state index in [9.17, 15) is 9.59 Å². The van der Waals surface area contributed by atoms with E-state index in [1.165, 1.54) is 17.6 Å². The highest BCUT2D eigenvalue weighted by atomic mass is 32.1. The Morgan fingerprint density at radius 2 is 2.16 bits per heavy atom. The summed E-state index contributed by atoms with van der Waals surface area (Å²) < 4.78 is 4.74. The summed E-state index contributed by atoms with van der Waals surface area (Å²) in [5.41, 5.74) is 3.31. The number of carbonyl (C=O) groups is 2. The van der Waals surface area contributed by atoms with Crippen LogP contribution in [0.15, 0.2) is 29.6 Å². The number of nitrogens with zero attached hydrogens (tertiary/aromatic N) is 1. The molecule has 0 radical (unpaired) electrons. The molecule has 0 saturated carbocycles. The van der Waals surface area contributed by atoms with Crippen molar-refractivity contribution in [2.75, 3.05) is 25.5 Å². The number of thiophene rings is 1. The number of ether oxygens (including phenoxy) is 1. The van der Waals surface area contributed by atoms with Crippen LogP contribution in [0.1, 0.15) is 39.3 Å². The van der Waals surface area contributed by atoms with Crippen molar-refractivity contribution in [2.45, 2.75) is 26.3 Å². The van der Waals surface area contributed by atoms with Crippen molar-refractivity contribution in [2.24, 2.45) is 0 Å². The summed E-state index contributed by atoms with van der Waals surface area (Å²) in [7, 11) is 1.34. The van der Waals surface area contributed by atoms with Gasteiger partial charge < -0.3 is 10.1 Å². The van der Waals surface area contributed by atoms with Crippen molar-refractivity contribution < 1.29 is 14.3 Å². The van der Waals surface area contributed by atoms with Gasteiger partial charge in [0, 0.05) is 23.2 Å². The molecule has 6 heteroatoms. The summed E-state index contributed by atoms with van der Waals surface area (Å²) in [5, 5.41) is 5.05. The zero-order valence-corrected chi connectivity index (χ0v) is 15.5. The van der Waals surface area contributed by atoms with Crippen LogP contribution < -0.4 is 5.32 Å². The van der Waals surface area contributed by atoms with Crippen molar-refractivity contribution in [3.63, 3.8) is 0 Å². The highest BCUT2D eigenvalue weighted by Crippen LogP contribution is 2.32. The highest BCUT2D eigenvalue weighted by molar-refractivity contribution is 7.10. The third-order valence-corrected chi connectivity index (χ3v) is 5.68. The standard InChI is InChI=1S/C19H22N2O3S/c1-12-4-5-14(19(23)24-3)10-16(12)20-18(22)11-21-8-6-17-15(13(21)2)7-9-25-17/h4-5,7,9-10,13H,6,8,11H2,1-3H3,(H,20,22)/t13-/m0/s1. The van der Waals surface area contributed by atoms with Crippen LogP contribution in [0.3, 0.4) is 0 Å². The topological polar surface area (TPSA) is 58.6 Å². The van der Waals surface area contributed by atoms with Crippen molar-refractivity contribution in [3.05, 3.63) is 51.2 Å². The van der Waals surface area contributed by atoms with Crippen LogP contribution in [0.5, 0.6) is 0 Å². The van der Waals surface area contributed by atoms with Gasteiger partial charge >= 0.3 is 5.97 Å². The lowest BCUT2D eigenvalue weighted by atomic mass is 10.0. The number of methoxy groups -OCH3 is 1. The number of nitrogens with one attached hydrogen (secondary N) is 1. The van der Waals surface area contributed by atoms with E-state index in [2.05, 4.69) is 28.6 Å². The van der Waals surface area contributed by atoms with Gasteiger partial charge in [0.1, 0.15) is 0 Å². The highest BCUT2D eigenvalue weighted by Gasteiger charge is 2.26. The molecule has 1 aliphatic rings. The Kier molecular flexibility index (Phi) is 5.20. The minimum Gasteiger partial charge on any atom is -0.465 e. The average Bonchev–Trinajstić information content (AvgIpc) is 3.08. The molecule has 2 heterocycles. The van der Waals surface area contributed by atoms with Crippen LogP contribution in [0.25, 0.3) is 0 Å². The SMILES string of the molecule is COC(=O)c1ccc(C)c(NC(=O)CN2CCc3sccc3[C@@H]2C)c1. The predicted octanol–water partition coefficient (Wildman–Crippen LogP) is 3.40. The number of benzene rings is 1. The van der Waals surface area contributed by atoms with Gasteiger partial charge in [-0.15, -0.1) is 11.3 Å². The molecule has 1 aromatic heterocycles. The first-order chi connectivity index (χ1) is 12.0. The molecule has 1 atom stereocenters. The molecule has 0 bridgehead atoms. The first-order valence-corrected chi connectivity index (χ1v) is 9.16. The van der Waals surface area contributed by atoms with E-state index >= 15 is 0 Å². The summed E-state index contributed by atoms with van der Waals surface area (Å²) >= 11 is 1.79. The zero-order valence-electron chi connectivity index (χ0n) is 14.7. The van der Waals surface area contributed by atoms with Gasteiger partial charge in [-0.2, -0.15) is 0 Å². The molecule has 25 heavy (non-hydrogen) atoms. The van der Waals surface area contributed by atoms with Gasteiger partial charge in [-0.25, -0.2) is 4.79 Å². The maximum absolute atomic E-state index is 12.5. The summed E-state index contributed by atoms with van der Waals surface area (Å²) in [5.74, 6) is -0.485. The Morgan fingerprint density at radius 3 is 2.92 bits per heavy atom. The first kappa shape index (κ1) is 17.6. The second-order valence-corrected chi connectivity index (χ2v) is 7.27. The molecule has 5 nitrogen and oxygen atoms in total. The van der Waals surface area contributed by atoms with E-state index in [-0.39, 0.29) is 11.9 Å². The third-order valence-electron chi connectivity index (χ3n) is 4.68. The lowest BCUT2D eigenvalue weighted by Crippen LogP contribution is -2.39. The molecule has 1 aromatic carbocycles. The first-order valence-electron chi connectivity index (χ1n) is 8.28. The van der Waals surface area contributed by atoms with Crippen LogP contribution in [0, 0.1) is 6.92 Å². The van der Waals surface area contributed by atoms with Gasteiger partial charge in [-0.3, -0.25) is 9.69 Å². The Morgan fingerprint density at radius 1 is 1.36 bits per heavy atom. The van der Waals surface area contributed by atoms with E-state index in [0.717, 1.165) is 18.5 Å². The predicted molar refractivity (Wildman–Crippen MR) is 99.2 cm³/mol. The number of carbonyl (C=O) groups excluding carboxylic acids is 2. The largest absolute Gasteiger partial charge is 0.465 e. The van der Waals surface area contributed by atoms with Crippen molar-refractivity contribution >= 4 is 28.9 Å². The van der Waals surface area contributed by atoms with E-state index in [4.69, 9.17) is 4.74 Å². The maximum atomic E-state index is 12.5. The fraction of sp³-hybridized carbons (Fsp3) is 0.368. The summed E-state index contributed by atoms with van der Waals surface area (Å²) in [6.07, 6.45) is 0.988. The molecule has 0 aliphatic carbocycles. The second kappa shape index (κ2) is 7.37. The number of amides is 1. The molecule has 0 unspecified atom stereocenters. The number of fused-ring (bicyclic) bond motifs is 1. The van der Waals surface area contributed by atoms with Gasteiger partial charge in [0.05, 0.1) is 19.2 Å². The minimum atomic E-state index is -0.412. The Hall–Kier alpha value is -2.18. The zero-order chi connectivity index (χ0) is 18.0. The second-order valence-electron chi connectivity index (χ2n) is 6.27. The number of aryl methyl sites for hydroxylation is 1. The smallest absolute Gasteiger partial charge is 0.337 e. The van der Waals surface area contributed by atoms with Gasteiger partial charge in [0.2, 0.25) is 5.91 Å². The molecule has 0 fully saturated rings. The Bertz CT molecular complexity index is 800. The number of hydrogen-bond acceptors (Lipinski definition) is 5. The molecule has 0 spiro atoms. The molecular formula is C19H22N2O3S. The fourth-order valence-electron chi connectivity index (χ4n) is 3.15. The molecule has 3 rings (SSSR count). The summed E-state index contributed by atoms with van der Waals surface area (Å²) in [6.45, 7) is 5.25. The lowest BCUT2D eigenvalue weighted by Gasteiger charge is -2.33. The monoisotopic (exact) mass is 358 g/mol. The lowest BCUT2D eigenvalue weighted by molar-refractivity contribution is -0.117. The fourth-order valence-corrected chi connectivity index (χ4v) is 4.12. The molecule has 1 amide bonds. The quantitative estimate of drug-likeness (QED) is 0.851. The van der Waals surface area contributed by atoms with Gasteiger partial charge in [0.25, 0.3) is 0 Å². The van der Waals surface area contributed by atoms with Crippen LogP contribution in [-0.2, 0) is 16.0 Å². The van der Waals surface area contributed by atoms with Gasteiger partial charge in [-0.1, -0.05) is 6.07 Å². The van der Waals surface area contributed by atoms with Crippen LogP contribution in [0.4, 0.5) is 5.69 Å². The Labute approximate surface area is 151 Å². The van der Waals surface area contributed by atoms with E-state index in [1.807, 2.05) is 13.0 Å². The van der Waals surface area contributed by atoms with Crippen LogP contribution >= 0.6 is 11.3 Å². The van der Waals surface area contributed by atoms with Crippen molar-refractivity contribution in [1.29, 1.82) is 0 Å². The van der Waals surface area contributed by atoms with E-state index in [0.29, 0.717) is 17.8 Å². The van der Waals surface area contributed by atoms with Crippen molar-refractivity contribution in [1.82, 2.24) is 4.90 Å². The number of hydrogen-bond donors (Lipinski definition) is 1. The molecule has 0 saturated heterocycles. The average molecular weight is 358 g/mol. The molecule has 132 valence electrons. The number of esters is 1. The van der Waals surface area contributed by atoms with Crippen molar-refractivity contribution in [3.8, 4) is 0 Å². The third kappa shape index (κ3) is 3.75. The minimum absolute atomic E-state index is 0.0735. The molecule has 1 N–H and O–H groups in total. The number of rotatable bonds is 4. The van der Waals surface area contributed by atoms with Gasteiger partial charge in [-0.05, 0) is 55.0 Å². The van der Waals surface area contributed by atoms with E-state index in [1.54, 1.807) is 23.5 Å². The van der Waals surface area contributed by atoms with Crippen LogP contribution in [0.2, 0.25) is 0 Å². The van der Waals surface area contributed by atoms with E-state index < -0.39 is 5.97 Å². The molecular weight excluding hydrogens is 336 g/mol. The summed E-state index contributed by atoms with van der Waals surface area (Å²) in [4.78, 5) is 27.8. The Balaban J connectivity index is 1.68. The number of anilines is 1. The normalized spacial score (nSPS) is 17.0. The molecule has 1 aliphatic heterocycles. The summed E-state index contributed by atoms with van der Waals surface area (Å²) in [6, 6.07) is 7.56. The van der Waals surface area contributed by atoms with Gasteiger partial charge in [0.15, 0.2) is 0 Å². The maximum Gasteiger partial charge on any atom is 0.337 e. The molecule has 2 aromatic rings.